The lowest BCUT2D eigenvalue weighted by Crippen LogP contribution is -2.47. The smallest absolute Gasteiger partial charge is 0.243 e. The summed E-state index contributed by atoms with van der Waals surface area (Å²) in [4.78, 5) is 14.3. The summed E-state index contributed by atoms with van der Waals surface area (Å²) in [7, 11) is -2.12. The van der Waals surface area contributed by atoms with Gasteiger partial charge in [0.1, 0.15) is 5.75 Å². The van der Waals surface area contributed by atoms with Crippen LogP contribution in [0.1, 0.15) is 20.3 Å². The van der Waals surface area contributed by atoms with Gasteiger partial charge in [-0.25, -0.2) is 8.42 Å². The van der Waals surface area contributed by atoms with Gasteiger partial charge < -0.3 is 15.0 Å². The predicted molar refractivity (Wildman–Crippen MR) is 96.1 cm³/mol. The normalized spacial score (nSPS) is 15.6. The molecule has 1 aromatic carbocycles. The molecular weight excluding hydrogens is 342 g/mol. The van der Waals surface area contributed by atoms with Crippen molar-refractivity contribution in [3.63, 3.8) is 0 Å². The Balaban J connectivity index is 2.08. The molecule has 1 amide bonds. The number of carbonyl (C=O) groups is 1. The van der Waals surface area contributed by atoms with Crippen molar-refractivity contribution in [2.75, 3.05) is 39.8 Å². The third-order valence-corrected chi connectivity index (χ3v) is 6.35. The molecule has 25 heavy (non-hydrogen) atoms. The maximum Gasteiger partial charge on any atom is 0.243 e. The van der Waals surface area contributed by atoms with Crippen LogP contribution in [0.2, 0.25) is 0 Å². The Morgan fingerprint density at radius 2 is 1.84 bits per heavy atom. The standard InChI is InChI=1S/C17H27N3O4S/c1-14(2)20(11-8-17(21)19-12-9-18-10-13-19)25(22,23)16-6-4-15(24-3)5-7-16/h4-7,14,18H,8-13H2,1-3H3. The van der Waals surface area contributed by atoms with Gasteiger partial charge in [-0.05, 0) is 38.1 Å². The number of nitrogens with one attached hydrogen (secondary N) is 1. The molecular formula is C17H27N3O4S. The highest BCUT2D eigenvalue weighted by molar-refractivity contribution is 7.89. The second-order valence-corrected chi connectivity index (χ2v) is 8.16. The number of piperazine rings is 1. The number of benzene rings is 1. The van der Waals surface area contributed by atoms with E-state index in [0.29, 0.717) is 18.8 Å². The molecule has 1 aliphatic rings. The van der Waals surface area contributed by atoms with Crippen LogP contribution in [0, 0.1) is 0 Å². The number of hydrogen-bond donors (Lipinski definition) is 1. The molecule has 0 radical (unpaired) electrons. The van der Waals surface area contributed by atoms with Gasteiger partial charge in [-0.1, -0.05) is 0 Å². The number of hydrogen-bond acceptors (Lipinski definition) is 5. The Kier molecular flexibility index (Phi) is 6.80. The fourth-order valence-corrected chi connectivity index (χ4v) is 4.45. The minimum atomic E-state index is -3.66. The zero-order valence-electron chi connectivity index (χ0n) is 15.1. The molecule has 0 aromatic heterocycles. The number of ether oxygens (including phenoxy) is 1. The van der Waals surface area contributed by atoms with E-state index in [0.717, 1.165) is 13.1 Å². The number of methoxy groups -OCH3 is 1. The Hall–Kier alpha value is -1.64. The average Bonchev–Trinajstić information content (AvgIpc) is 2.62. The monoisotopic (exact) mass is 369 g/mol. The van der Waals surface area contributed by atoms with Crippen LogP contribution in [-0.4, -0.2) is 69.4 Å². The van der Waals surface area contributed by atoms with Crippen molar-refractivity contribution in [2.45, 2.75) is 31.2 Å². The molecule has 0 atom stereocenters. The second kappa shape index (κ2) is 8.64. The highest BCUT2D eigenvalue weighted by atomic mass is 32.2. The maximum atomic E-state index is 12.9. The number of rotatable bonds is 7. The van der Waals surface area contributed by atoms with Crippen LogP contribution >= 0.6 is 0 Å². The van der Waals surface area contributed by atoms with Gasteiger partial charge in [0.2, 0.25) is 15.9 Å². The molecule has 1 aliphatic heterocycles. The molecule has 1 saturated heterocycles. The Labute approximate surface area is 150 Å². The zero-order chi connectivity index (χ0) is 18.4. The SMILES string of the molecule is COc1ccc(S(=O)(=O)N(CCC(=O)N2CCNCC2)C(C)C)cc1. The van der Waals surface area contributed by atoms with E-state index in [9.17, 15) is 13.2 Å². The lowest BCUT2D eigenvalue weighted by Gasteiger charge is -2.30. The topological polar surface area (TPSA) is 79.0 Å². The molecule has 1 heterocycles. The first-order chi connectivity index (χ1) is 11.9. The summed E-state index contributed by atoms with van der Waals surface area (Å²) in [6.45, 7) is 6.71. The summed E-state index contributed by atoms with van der Waals surface area (Å²) >= 11 is 0. The molecule has 140 valence electrons. The van der Waals surface area contributed by atoms with Crippen molar-refractivity contribution in [1.29, 1.82) is 0 Å². The first-order valence-electron chi connectivity index (χ1n) is 8.50. The van der Waals surface area contributed by atoms with E-state index in [4.69, 9.17) is 4.74 Å². The van der Waals surface area contributed by atoms with Crippen LogP contribution in [0.4, 0.5) is 0 Å². The van der Waals surface area contributed by atoms with Gasteiger partial charge in [-0.2, -0.15) is 4.31 Å². The Bertz CT molecular complexity index is 668. The molecule has 1 fully saturated rings. The van der Waals surface area contributed by atoms with Crippen LogP contribution in [0.5, 0.6) is 5.75 Å². The first-order valence-corrected chi connectivity index (χ1v) is 9.94. The summed E-state index contributed by atoms with van der Waals surface area (Å²) < 4.78 is 32.3. The van der Waals surface area contributed by atoms with Crippen molar-refractivity contribution >= 4 is 15.9 Å². The van der Waals surface area contributed by atoms with Gasteiger partial charge in [0.25, 0.3) is 0 Å². The van der Waals surface area contributed by atoms with E-state index in [2.05, 4.69) is 5.32 Å². The Morgan fingerprint density at radius 1 is 1.24 bits per heavy atom. The quantitative estimate of drug-likeness (QED) is 0.773. The van der Waals surface area contributed by atoms with Crippen LogP contribution in [0.3, 0.4) is 0 Å². The van der Waals surface area contributed by atoms with Gasteiger partial charge in [0, 0.05) is 45.2 Å². The predicted octanol–water partition coefficient (Wildman–Crippen LogP) is 0.916. The molecule has 7 nitrogen and oxygen atoms in total. The van der Waals surface area contributed by atoms with E-state index >= 15 is 0 Å². The molecule has 1 aromatic rings. The van der Waals surface area contributed by atoms with Gasteiger partial charge in [0.05, 0.1) is 12.0 Å². The highest BCUT2D eigenvalue weighted by Gasteiger charge is 2.28. The van der Waals surface area contributed by atoms with Gasteiger partial charge in [0.15, 0.2) is 0 Å². The number of amides is 1. The van der Waals surface area contributed by atoms with E-state index in [1.165, 1.54) is 23.5 Å². The van der Waals surface area contributed by atoms with E-state index in [-0.39, 0.29) is 29.8 Å². The van der Waals surface area contributed by atoms with Crippen molar-refractivity contribution < 1.29 is 17.9 Å². The minimum Gasteiger partial charge on any atom is -0.497 e. The molecule has 0 aliphatic carbocycles. The fourth-order valence-electron chi connectivity index (χ4n) is 2.82. The van der Waals surface area contributed by atoms with E-state index in [1.807, 2.05) is 13.8 Å². The largest absolute Gasteiger partial charge is 0.497 e. The average molecular weight is 369 g/mol. The third-order valence-electron chi connectivity index (χ3n) is 4.26. The summed E-state index contributed by atoms with van der Waals surface area (Å²) in [5.41, 5.74) is 0. The molecule has 2 rings (SSSR count). The van der Waals surface area contributed by atoms with Crippen molar-refractivity contribution in [1.82, 2.24) is 14.5 Å². The highest BCUT2D eigenvalue weighted by Crippen LogP contribution is 2.21. The van der Waals surface area contributed by atoms with Crippen LogP contribution in [0.15, 0.2) is 29.2 Å². The summed E-state index contributed by atoms with van der Waals surface area (Å²) in [6, 6.07) is 6.07. The van der Waals surface area contributed by atoms with Crippen LogP contribution < -0.4 is 10.1 Å². The number of carbonyl (C=O) groups excluding carboxylic acids is 1. The zero-order valence-corrected chi connectivity index (χ0v) is 15.9. The van der Waals surface area contributed by atoms with Crippen LogP contribution in [0.25, 0.3) is 0 Å². The number of nitrogens with zero attached hydrogens (tertiary/aromatic N) is 2. The van der Waals surface area contributed by atoms with E-state index < -0.39 is 10.0 Å². The molecule has 0 bridgehead atoms. The van der Waals surface area contributed by atoms with Gasteiger partial charge in [-0.15, -0.1) is 0 Å². The molecule has 0 saturated carbocycles. The van der Waals surface area contributed by atoms with Gasteiger partial charge in [-0.3, -0.25) is 4.79 Å². The summed E-state index contributed by atoms with van der Waals surface area (Å²) in [5, 5.41) is 3.20. The summed E-state index contributed by atoms with van der Waals surface area (Å²) in [6.07, 6.45) is 0.188. The minimum absolute atomic E-state index is 0.00270. The summed E-state index contributed by atoms with van der Waals surface area (Å²) in [5.74, 6) is 0.598. The maximum absolute atomic E-state index is 12.9. The second-order valence-electron chi connectivity index (χ2n) is 6.27. The lowest BCUT2D eigenvalue weighted by atomic mass is 10.3. The lowest BCUT2D eigenvalue weighted by molar-refractivity contribution is -0.131. The Morgan fingerprint density at radius 3 is 2.36 bits per heavy atom. The van der Waals surface area contributed by atoms with Crippen molar-refractivity contribution in [2.24, 2.45) is 0 Å². The van der Waals surface area contributed by atoms with E-state index in [1.54, 1.807) is 17.0 Å². The third kappa shape index (κ3) is 4.93. The van der Waals surface area contributed by atoms with Gasteiger partial charge >= 0.3 is 0 Å². The van der Waals surface area contributed by atoms with Crippen molar-refractivity contribution in [3.8, 4) is 5.75 Å². The molecule has 0 unspecified atom stereocenters. The molecule has 8 heteroatoms. The first kappa shape index (κ1) is 19.7. The molecule has 0 spiro atoms. The number of sulfonamides is 1. The fraction of sp³-hybridized carbons (Fsp3) is 0.588. The van der Waals surface area contributed by atoms with Crippen molar-refractivity contribution in [3.05, 3.63) is 24.3 Å². The van der Waals surface area contributed by atoms with Crippen LogP contribution in [-0.2, 0) is 14.8 Å². The molecule has 1 N–H and O–H groups in total.